The van der Waals surface area contributed by atoms with Gasteiger partial charge in [-0.3, -0.25) is 9.59 Å². The summed E-state index contributed by atoms with van der Waals surface area (Å²) in [5.41, 5.74) is 0. The van der Waals surface area contributed by atoms with Gasteiger partial charge >= 0.3 is 5.97 Å². The molecule has 6 nitrogen and oxygen atoms in total. The maximum atomic E-state index is 12.4. The molecule has 3 N–H and O–H groups in total. The summed E-state index contributed by atoms with van der Waals surface area (Å²) in [7, 11) is 0. The van der Waals surface area contributed by atoms with Gasteiger partial charge in [-0.2, -0.15) is 0 Å². The number of rotatable bonds is 52. The van der Waals surface area contributed by atoms with Crippen LogP contribution in [0.4, 0.5) is 0 Å². The fourth-order valence-corrected chi connectivity index (χ4v) is 8.63. The largest absolute Gasteiger partial charge is 0.466 e. The number of aliphatic hydroxyl groups is 2. The smallest absolute Gasteiger partial charge is 0.305 e. The molecule has 0 aromatic heterocycles. The fraction of sp³-hybridized carbons (Fsp3) is 0.895. The van der Waals surface area contributed by atoms with E-state index in [4.69, 9.17) is 4.74 Å². The first-order chi connectivity index (χ1) is 31.0. The number of nitrogens with one attached hydrogen (secondary N) is 1. The van der Waals surface area contributed by atoms with Crippen LogP contribution >= 0.6 is 0 Å². The molecule has 0 radical (unpaired) electrons. The van der Waals surface area contributed by atoms with Gasteiger partial charge in [0.05, 0.1) is 25.4 Å². The van der Waals surface area contributed by atoms with Crippen LogP contribution in [-0.2, 0) is 14.3 Å². The third-order valence-corrected chi connectivity index (χ3v) is 13.0. The molecule has 0 spiro atoms. The molecule has 0 aromatic rings. The number of aliphatic hydroxyl groups excluding tert-OH is 2. The first-order valence-electron chi connectivity index (χ1n) is 28.1. The number of ether oxygens (including phenoxy) is 1. The molecule has 0 saturated carbocycles. The van der Waals surface area contributed by atoms with E-state index in [0.29, 0.717) is 19.4 Å². The van der Waals surface area contributed by atoms with Crippen LogP contribution in [0.5, 0.6) is 0 Å². The highest BCUT2D eigenvalue weighted by Gasteiger charge is 2.18. The average Bonchev–Trinajstić information content (AvgIpc) is 3.28. The zero-order valence-corrected chi connectivity index (χ0v) is 42.3. The van der Waals surface area contributed by atoms with E-state index in [-0.39, 0.29) is 18.5 Å². The number of esters is 1. The zero-order valence-electron chi connectivity index (χ0n) is 42.3. The van der Waals surface area contributed by atoms with E-state index in [1.54, 1.807) is 6.08 Å². The predicted molar refractivity (Wildman–Crippen MR) is 273 cm³/mol. The van der Waals surface area contributed by atoms with Gasteiger partial charge in [-0.15, -0.1) is 0 Å². The normalized spacial score (nSPS) is 12.8. The number of amides is 1. The summed E-state index contributed by atoms with van der Waals surface area (Å²) in [4.78, 5) is 24.4. The quantitative estimate of drug-likeness (QED) is 0.0321. The van der Waals surface area contributed by atoms with Gasteiger partial charge in [0.2, 0.25) is 5.91 Å². The Kier molecular flexibility index (Phi) is 51.6. The first-order valence-corrected chi connectivity index (χ1v) is 28.1. The second-order valence-electron chi connectivity index (χ2n) is 19.3. The minimum Gasteiger partial charge on any atom is -0.466 e. The lowest BCUT2D eigenvalue weighted by Crippen LogP contribution is -2.45. The van der Waals surface area contributed by atoms with Gasteiger partial charge in [-0.1, -0.05) is 256 Å². The first kappa shape index (κ1) is 61.3. The SMILES string of the molecule is CCCCCCCCCC/C=C/C(O)C(CO)NC(=O)CCCCCCCCCC/C=C\CCCCCCCCCCCCCCOC(=O)CCCCCCCCCCCCCC. The predicted octanol–water partition coefficient (Wildman–Crippen LogP) is 17.1. The van der Waals surface area contributed by atoms with Gasteiger partial charge in [0.1, 0.15) is 0 Å². The van der Waals surface area contributed by atoms with E-state index in [9.17, 15) is 19.8 Å². The van der Waals surface area contributed by atoms with Crippen molar-refractivity contribution < 1.29 is 24.5 Å². The second-order valence-corrected chi connectivity index (χ2v) is 19.3. The highest BCUT2D eigenvalue weighted by molar-refractivity contribution is 5.76. The molecule has 0 aliphatic heterocycles. The van der Waals surface area contributed by atoms with Crippen molar-refractivity contribution in [3.05, 3.63) is 24.3 Å². The molecular weight excluding hydrogens is 779 g/mol. The van der Waals surface area contributed by atoms with Crippen molar-refractivity contribution in [1.29, 1.82) is 0 Å². The van der Waals surface area contributed by atoms with Gasteiger partial charge in [0.25, 0.3) is 0 Å². The fourth-order valence-electron chi connectivity index (χ4n) is 8.63. The maximum absolute atomic E-state index is 12.4. The minimum atomic E-state index is -0.844. The Balaban J connectivity index is 3.40. The molecule has 0 bridgehead atoms. The van der Waals surface area contributed by atoms with E-state index in [1.807, 2.05) is 6.08 Å². The molecule has 63 heavy (non-hydrogen) atoms. The van der Waals surface area contributed by atoms with Crippen LogP contribution in [-0.4, -0.2) is 47.4 Å². The van der Waals surface area contributed by atoms with E-state index in [2.05, 4.69) is 31.3 Å². The highest BCUT2D eigenvalue weighted by Crippen LogP contribution is 2.16. The molecule has 372 valence electrons. The van der Waals surface area contributed by atoms with Crippen LogP contribution in [0.1, 0.15) is 303 Å². The van der Waals surface area contributed by atoms with Crippen LogP contribution in [0.2, 0.25) is 0 Å². The minimum absolute atomic E-state index is 0.0125. The summed E-state index contributed by atoms with van der Waals surface area (Å²) in [5.74, 6) is -0.0617. The molecule has 0 aliphatic rings. The van der Waals surface area contributed by atoms with Gasteiger partial charge in [-0.05, 0) is 57.8 Å². The molecule has 2 atom stereocenters. The van der Waals surface area contributed by atoms with Gasteiger partial charge in [0.15, 0.2) is 0 Å². The van der Waals surface area contributed by atoms with Gasteiger partial charge < -0.3 is 20.3 Å². The lowest BCUT2D eigenvalue weighted by atomic mass is 10.0. The van der Waals surface area contributed by atoms with Crippen molar-refractivity contribution >= 4 is 11.9 Å². The Bertz CT molecular complexity index is 982. The van der Waals surface area contributed by atoms with Crippen LogP contribution in [0.15, 0.2) is 24.3 Å². The van der Waals surface area contributed by atoms with E-state index in [0.717, 1.165) is 38.5 Å². The molecule has 0 rings (SSSR count). The molecule has 0 aromatic carbocycles. The second kappa shape index (κ2) is 53.0. The molecule has 0 fully saturated rings. The molecule has 1 amide bonds. The van der Waals surface area contributed by atoms with Crippen LogP contribution in [0.3, 0.4) is 0 Å². The maximum Gasteiger partial charge on any atom is 0.305 e. The number of allylic oxidation sites excluding steroid dienone is 3. The summed E-state index contributed by atoms with van der Waals surface area (Å²) in [6, 6.07) is -0.629. The lowest BCUT2D eigenvalue weighted by molar-refractivity contribution is -0.143. The molecule has 0 aliphatic carbocycles. The van der Waals surface area contributed by atoms with Crippen LogP contribution < -0.4 is 5.32 Å². The zero-order chi connectivity index (χ0) is 45.8. The number of carbonyl (C=O) groups is 2. The summed E-state index contributed by atoms with van der Waals surface area (Å²) < 4.78 is 5.47. The average molecular weight is 889 g/mol. The number of hydrogen-bond acceptors (Lipinski definition) is 5. The monoisotopic (exact) mass is 888 g/mol. The molecule has 6 heteroatoms. The molecule has 0 saturated heterocycles. The van der Waals surface area contributed by atoms with Crippen molar-refractivity contribution in [2.24, 2.45) is 0 Å². The highest BCUT2D eigenvalue weighted by atomic mass is 16.5. The summed E-state index contributed by atoms with van der Waals surface area (Å²) >= 11 is 0. The molecular formula is C57H109NO5. The van der Waals surface area contributed by atoms with Crippen LogP contribution in [0.25, 0.3) is 0 Å². The van der Waals surface area contributed by atoms with E-state index in [1.165, 1.54) is 238 Å². The van der Waals surface area contributed by atoms with Crippen molar-refractivity contribution in [2.75, 3.05) is 13.2 Å². The topological polar surface area (TPSA) is 95.9 Å². The lowest BCUT2D eigenvalue weighted by Gasteiger charge is -2.20. The van der Waals surface area contributed by atoms with Crippen molar-refractivity contribution in [2.45, 2.75) is 315 Å². The van der Waals surface area contributed by atoms with E-state index < -0.39 is 12.1 Å². The van der Waals surface area contributed by atoms with Gasteiger partial charge in [0, 0.05) is 12.8 Å². The molecule has 0 heterocycles. The van der Waals surface area contributed by atoms with Crippen molar-refractivity contribution in [1.82, 2.24) is 5.32 Å². The third-order valence-electron chi connectivity index (χ3n) is 13.0. The Hall–Kier alpha value is -1.66. The number of unbranched alkanes of at least 4 members (excludes halogenated alkanes) is 39. The van der Waals surface area contributed by atoms with Crippen molar-refractivity contribution in [3.63, 3.8) is 0 Å². The Morgan fingerprint density at radius 3 is 1.13 bits per heavy atom. The number of carbonyl (C=O) groups excluding carboxylic acids is 2. The summed E-state index contributed by atoms with van der Waals surface area (Å²) in [6.07, 6.45) is 63.5. The van der Waals surface area contributed by atoms with Crippen molar-refractivity contribution in [3.8, 4) is 0 Å². The van der Waals surface area contributed by atoms with Gasteiger partial charge in [-0.25, -0.2) is 0 Å². The third kappa shape index (κ3) is 49.6. The standard InChI is InChI=1S/C57H109NO5/c1-3-5-7-9-11-13-15-31-35-39-43-47-51-57(62)63-52-48-44-40-36-32-29-27-25-23-21-19-17-16-18-20-22-24-26-28-30-34-38-42-46-50-56(61)58-54(53-59)55(60)49-45-41-37-33-14-12-10-8-6-4-2/h18,20,45,49,54-55,59-60H,3-17,19,21-44,46-48,50-53H2,1-2H3,(H,58,61)/b20-18-,49-45+. The van der Waals surface area contributed by atoms with E-state index >= 15 is 0 Å². The van der Waals surface area contributed by atoms with Crippen LogP contribution in [0, 0.1) is 0 Å². The number of hydrogen-bond donors (Lipinski definition) is 3. The Labute approximate surface area is 392 Å². The summed E-state index contributed by atoms with van der Waals surface area (Å²) in [5, 5.41) is 23.0. The Morgan fingerprint density at radius 2 is 0.746 bits per heavy atom. The summed E-state index contributed by atoms with van der Waals surface area (Å²) in [6.45, 7) is 4.88. The molecule has 2 unspecified atom stereocenters. The Morgan fingerprint density at radius 1 is 0.429 bits per heavy atom.